The standard InChI is InChI=1S/C16H21N3O3/c1-4-12-5-7-13(8-6-12)11(2)17-14(20)9-19-15(21)10-18(3)16(19)22/h5-8,11H,4,9-10H2,1-3H3,(H,17,20). The Kier molecular flexibility index (Phi) is 4.80. The zero-order valence-electron chi connectivity index (χ0n) is 13.1. The van der Waals surface area contributed by atoms with Gasteiger partial charge >= 0.3 is 6.03 Å². The Labute approximate surface area is 130 Å². The molecule has 2 rings (SSSR count). The summed E-state index contributed by atoms with van der Waals surface area (Å²) in [5.74, 6) is -0.688. The zero-order chi connectivity index (χ0) is 16.3. The fraction of sp³-hybridized carbons (Fsp3) is 0.438. The number of carbonyl (C=O) groups excluding carboxylic acids is 3. The number of hydrogen-bond acceptors (Lipinski definition) is 3. The molecule has 1 aromatic rings. The van der Waals surface area contributed by atoms with Gasteiger partial charge in [-0.15, -0.1) is 0 Å². The summed E-state index contributed by atoms with van der Waals surface area (Å²) in [6, 6.07) is 7.40. The maximum absolute atomic E-state index is 12.0. The van der Waals surface area contributed by atoms with Crippen molar-refractivity contribution >= 4 is 17.8 Å². The Morgan fingerprint density at radius 1 is 1.27 bits per heavy atom. The van der Waals surface area contributed by atoms with Gasteiger partial charge in [-0.1, -0.05) is 31.2 Å². The number of nitrogens with one attached hydrogen (secondary N) is 1. The van der Waals surface area contributed by atoms with Gasteiger partial charge in [-0.3, -0.25) is 14.5 Å². The van der Waals surface area contributed by atoms with Crippen LogP contribution in [-0.4, -0.2) is 47.8 Å². The normalized spacial score (nSPS) is 16.1. The molecule has 0 radical (unpaired) electrons. The van der Waals surface area contributed by atoms with Gasteiger partial charge in [-0.05, 0) is 24.5 Å². The smallest absolute Gasteiger partial charge is 0.327 e. The summed E-state index contributed by atoms with van der Waals surface area (Å²) in [6.45, 7) is 3.75. The van der Waals surface area contributed by atoms with Crippen LogP contribution in [0.25, 0.3) is 0 Å². The molecule has 6 heteroatoms. The molecule has 1 aliphatic rings. The van der Waals surface area contributed by atoms with Crippen molar-refractivity contribution in [2.75, 3.05) is 20.1 Å². The van der Waals surface area contributed by atoms with Crippen LogP contribution in [0.15, 0.2) is 24.3 Å². The number of likely N-dealkylation sites (N-methyl/N-ethyl adjacent to an activating group) is 1. The minimum atomic E-state index is -0.430. The van der Waals surface area contributed by atoms with Crippen molar-refractivity contribution in [2.24, 2.45) is 0 Å². The third-order valence-corrected chi connectivity index (χ3v) is 3.80. The summed E-state index contributed by atoms with van der Waals surface area (Å²) in [5.41, 5.74) is 2.22. The number of rotatable bonds is 5. The van der Waals surface area contributed by atoms with Gasteiger partial charge in [-0.2, -0.15) is 0 Å². The van der Waals surface area contributed by atoms with Crippen LogP contribution < -0.4 is 5.32 Å². The highest BCUT2D eigenvalue weighted by atomic mass is 16.2. The van der Waals surface area contributed by atoms with Gasteiger partial charge in [0.1, 0.15) is 13.1 Å². The minimum Gasteiger partial charge on any atom is -0.348 e. The first-order valence-corrected chi connectivity index (χ1v) is 7.36. The third kappa shape index (κ3) is 3.44. The summed E-state index contributed by atoms with van der Waals surface area (Å²) in [7, 11) is 1.54. The highest BCUT2D eigenvalue weighted by Gasteiger charge is 2.34. The highest BCUT2D eigenvalue weighted by molar-refractivity contribution is 6.04. The Balaban J connectivity index is 1.93. The largest absolute Gasteiger partial charge is 0.348 e. The average Bonchev–Trinajstić information content (AvgIpc) is 2.73. The Morgan fingerprint density at radius 3 is 2.41 bits per heavy atom. The number of amides is 4. The van der Waals surface area contributed by atoms with Gasteiger partial charge in [0, 0.05) is 7.05 Å². The highest BCUT2D eigenvalue weighted by Crippen LogP contribution is 2.14. The summed E-state index contributed by atoms with van der Waals surface area (Å²) in [5, 5.41) is 2.81. The molecule has 1 aromatic carbocycles. The number of urea groups is 1. The molecular weight excluding hydrogens is 282 g/mol. The van der Waals surface area contributed by atoms with Gasteiger partial charge in [0.15, 0.2) is 0 Å². The Morgan fingerprint density at radius 2 is 1.91 bits per heavy atom. The van der Waals surface area contributed by atoms with E-state index in [9.17, 15) is 14.4 Å². The molecule has 1 atom stereocenters. The molecule has 4 amide bonds. The van der Waals surface area contributed by atoms with E-state index in [1.54, 1.807) is 0 Å². The summed E-state index contributed by atoms with van der Waals surface area (Å²) >= 11 is 0. The molecule has 0 spiro atoms. The number of hydrogen-bond donors (Lipinski definition) is 1. The van der Waals surface area contributed by atoms with Crippen LogP contribution in [-0.2, 0) is 16.0 Å². The molecular formula is C16H21N3O3. The molecule has 1 fully saturated rings. The van der Waals surface area contributed by atoms with E-state index in [0.29, 0.717) is 0 Å². The monoisotopic (exact) mass is 303 g/mol. The molecule has 0 aliphatic carbocycles. The van der Waals surface area contributed by atoms with E-state index >= 15 is 0 Å². The van der Waals surface area contributed by atoms with E-state index in [2.05, 4.69) is 12.2 Å². The molecule has 0 saturated carbocycles. The summed E-state index contributed by atoms with van der Waals surface area (Å²) in [6.07, 6.45) is 0.966. The number of imide groups is 1. The van der Waals surface area contributed by atoms with Crippen molar-refractivity contribution < 1.29 is 14.4 Å². The van der Waals surface area contributed by atoms with Crippen LogP contribution >= 0.6 is 0 Å². The third-order valence-electron chi connectivity index (χ3n) is 3.80. The molecule has 22 heavy (non-hydrogen) atoms. The van der Waals surface area contributed by atoms with Gasteiger partial charge in [0.25, 0.3) is 5.91 Å². The van der Waals surface area contributed by atoms with Crippen LogP contribution in [0.4, 0.5) is 4.79 Å². The first-order valence-electron chi connectivity index (χ1n) is 7.36. The lowest BCUT2D eigenvalue weighted by Crippen LogP contribution is -2.41. The number of benzene rings is 1. The second-order valence-electron chi connectivity index (χ2n) is 5.50. The lowest BCUT2D eigenvalue weighted by atomic mass is 10.1. The van der Waals surface area contributed by atoms with Crippen LogP contribution in [0, 0.1) is 0 Å². The van der Waals surface area contributed by atoms with Gasteiger partial charge < -0.3 is 10.2 Å². The minimum absolute atomic E-state index is 0.0279. The van der Waals surface area contributed by atoms with Crippen LogP contribution in [0.3, 0.4) is 0 Å². The molecule has 0 bridgehead atoms. The first kappa shape index (κ1) is 16.0. The predicted octanol–water partition coefficient (Wildman–Crippen LogP) is 1.32. The SMILES string of the molecule is CCc1ccc(C(C)NC(=O)CN2C(=O)CN(C)C2=O)cc1. The van der Waals surface area contributed by atoms with Crippen LogP contribution in [0.5, 0.6) is 0 Å². The lowest BCUT2D eigenvalue weighted by molar-refractivity contribution is -0.131. The molecule has 1 unspecified atom stereocenters. The zero-order valence-corrected chi connectivity index (χ0v) is 13.1. The number of aryl methyl sites for hydroxylation is 1. The maximum Gasteiger partial charge on any atom is 0.327 e. The number of nitrogens with zero attached hydrogens (tertiary/aromatic N) is 2. The molecule has 0 aromatic heterocycles. The molecule has 6 nitrogen and oxygen atoms in total. The van der Waals surface area contributed by atoms with E-state index in [1.165, 1.54) is 17.5 Å². The fourth-order valence-electron chi connectivity index (χ4n) is 2.38. The lowest BCUT2D eigenvalue weighted by Gasteiger charge is -2.18. The quantitative estimate of drug-likeness (QED) is 0.834. The second kappa shape index (κ2) is 6.60. The van der Waals surface area contributed by atoms with Crippen molar-refractivity contribution in [1.29, 1.82) is 0 Å². The molecule has 1 aliphatic heterocycles. The van der Waals surface area contributed by atoms with Crippen LogP contribution in [0.1, 0.15) is 31.0 Å². The summed E-state index contributed by atoms with van der Waals surface area (Å²) in [4.78, 5) is 37.7. The molecule has 1 saturated heterocycles. The van der Waals surface area contributed by atoms with Gasteiger partial charge in [0.2, 0.25) is 5.91 Å². The van der Waals surface area contributed by atoms with E-state index in [-0.39, 0.29) is 30.9 Å². The van der Waals surface area contributed by atoms with E-state index < -0.39 is 6.03 Å². The second-order valence-corrected chi connectivity index (χ2v) is 5.50. The van der Waals surface area contributed by atoms with Crippen molar-refractivity contribution in [3.63, 3.8) is 0 Å². The number of carbonyl (C=O) groups is 3. The molecule has 1 heterocycles. The Bertz CT molecular complexity index is 583. The molecule has 118 valence electrons. The van der Waals surface area contributed by atoms with Gasteiger partial charge in [-0.25, -0.2) is 4.79 Å². The van der Waals surface area contributed by atoms with E-state index in [4.69, 9.17) is 0 Å². The van der Waals surface area contributed by atoms with Crippen molar-refractivity contribution in [2.45, 2.75) is 26.3 Å². The predicted molar refractivity (Wildman–Crippen MR) is 82.1 cm³/mol. The maximum atomic E-state index is 12.0. The van der Waals surface area contributed by atoms with Gasteiger partial charge in [0.05, 0.1) is 6.04 Å². The van der Waals surface area contributed by atoms with Crippen molar-refractivity contribution in [3.05, 3.63) is 35.4 Å². The van der Waals surface area contributed by atoms with E-state index in [1.807, 2.05) is 31.2 Å². The fourth-order valence-corrected chi connectivity index (χ4v) is 2.38. The van der Waals surface area contributed by atoms with Crippen LogP contribution in [0.2, 0.25) is 0 Å². The Hall–Kier alpha value is -2.37. The van der Waals surface area contributed by atoms with Crippen molar-refractivity contribution in [3.8, 4) is 0 Å². The first-order chi connectivity index (χ1) is 10.4. The van der Waals surface area contributed by atoms with E-state index in [0.717, 1.165) is 16.9 Å². The molecule has 1 N–H and O–H groups in total. The van der Waals surface area contributed by atoms with Crippen molar-refractivity contribution in [1.82, 2.24) is 15.1 Å². The summed E-state index contributed by atoms with van der Waals surface area (Å²) < 4.78 is 0. The average molecular weight is 303 g/mol. The topological polar surface area (TPSA) is 69.7 Å².